The van der Waals surface area contributed by atoms with Gasteiger partial charge in [0, 0.05) is 28.2 Å². The molecule has 3 aromatic rings. The van der Waals surface area contributed by atoms with Crippen molar-refractivity contribution in [3.63, 3.8) is 0 Å². The highest BCUT2D eigenvalue weighted by molar-refractivity contribution is 6.07. The van der Waals surface area contributed by atoms with E-state index in [1.807, 2.05) is 37.4 Å². The second-order valence-electron chi connectivity index (χ2n) is 5.31. The van der Waals surface area contributed by atoms with Crippen LogP contribution >= 0.6 is 0 Å². The van der Waals surface area contributed by atoms with Crippen LogP contribution in [0.4, 0.5) is 0 Å². The van der Waals surface area contributed by atoms with Crippen molar-refractivity contribution in [1.82, 2.24) is 4.98 Å². The fraction of sp³-hybridized carbons (Fsp3) is 0.150. The Hall–Kier alpha value is -3.01. The van der Waals surface area contributed by atoms with Gasteiger partial charge in [-0.15, -0.1) is 0 Å². The van der Waals surface area contributed by atoms with Crippen molar-refractivity contribution in [3.8, 4) is 11.5 Å². The van der Waals surface area contributed by atoms with Crippen molar-refractivity contribution in [2.24, 2.45) is 0 Å². The van der Waals surface area contributed by atoms with Crippen LogP contribution in [0.15, 0.2) is 54.7 Å². The van der Waals surface area contributed by atoms with Gasteiger partial charge in [-0.25, -0.2) is 0 Å². The molecule has 0 aliphatic heterocycles. The number of nitrogens with one attached hydrogen (secondary N) is 1. The molecule has 3 rings (SSSR count). The van der Waals surface area contributed by atoms with Gasteiger partial charge in [-0.2, -0.15) is 0 Å². The summed E-state index contributed by atoms with van der Waals surface area (Å²) in [7, 11) is 1.64. The zero-order valence-corrected chi connectivity index (χ0v) is 13.7. The van der Waals surface area contributed by atoms with Crippen molar-refractivity contribution >= 4 is 22.8 Å². The molecule has 0 unspecified atom stereocenters. The molecule has 1 heterocycles. The van der Waals surface area contributed by atoms with Crippen LogP contribution < -0.4 is 9.47 Å². The Kier molecular flexibility index (Phi) is 4.66. The molecule has 0 aliphatic rings. The Morgan fingerprint density at radius 2 is 1.88 bits per heavy atom. The summed E-state index contributed by atoms with van der Waals surface area (Å²) in [5.74, 6) is 1.51. The summed E-state index contributed by atoms with van der Waals surface area (Å²) in [6.07, 6.45) is 5.28. The van der Waals surface area contributed by atoms with Crippen molar-refractivity contribution in [1.29, 1.82) is 0 Å². The Bertz CT molecular complexity index is 876. The largest absolute Gasteiger partial charge is 0.497 e. The zero-order chi connectivity index (χ0) is 16.9. The molecule has 0 saturated carbocycles. The minimum Gasteiger partial charge on any atom is -0.497 e. The highest BCUT2D eigenvalue weighted by Crippen LogP contribution is 2.24. The molecule has 1 aromatic heterocycles. The van der Waals surface area contributed by atoms with Crippen molar-refractivity contribution < 1.29 is 14.3 Å². The molecule has 1 N–H and O–H groups in total. The number of carbonyl (C=O) groups excluding carboxylic acids is 1. The summed E-state index contributed by atoms with van der Waals surface area (Å²) >= 11 is 0. The number of ketones is 1. The predicted octanol–water partition coefficient (Wildman–Crippen LogP) is 4.47. The molecule has 2 aromatic carbocycles. The highest BCUT2D eigenvalue weighted by Gasteiger charge is 2.05. The number of methoxy groups -OCH3 is 1. The summed E-state index contributed by atoms with van der Waals surface area (Å²) in [6, 6.07) is 13.0. The van der Waals surface area contributed by atoms with E-state index in [0.717, 1.165) is 28.0 Å². The van der Waals surface area contributed by atoms with E-state index in [9.17, 15) is 4.79 Å². The van der Waals surface area contributed by atoms with Gasteiger partial charge in [0.1, 0.15) is 11.5 Å². The van der Waals surface area contributed by atoms with Gasteiger partial charge < -0.3 is 14.5 Å². The molecule has 24 heavy (non-hydrogen) atoms. The average Bonchev–Trinajstić information content (AvgIpc) is 3.02. The van der Waals surface area contributed by atoms with Crippen LogP contribution in [0.2, 0.25) is 0 Å². The Balaban J connectivity index is 1.81. The minimum absolute atomic E-state index is 0.0460. The number of allylic oxidation sites excluding steroid dienone is 1. The highest BCUT2D eigenvalue weighted by atomic mass is 16.5. The van der Waals surface area contributed by atoms with E-state index in [2.05, 4.69) is 4.98 Å². The molecule has 0 fully saturated rings. The number of fused-ring (bicyclic) bond motifs is 1. The predicted molar refractivity (Wildman–Crippen MR) is 95.8 cm³/mol. The first-order valence-corrected chi connectivity index (χ1v) is 7.81. The summed E-state index contributed by atoms with van der Waals surface area (Å²) in [6.45, 7) is 2.54. The second-order valence-corrected chi connectivity index (χ2v) is 5.31. The third-order valence-electron chi connectivity index (χ3n) is 3.79. The molecular weight excluding hydrogens is 302 g/mol. The fourth-order valence-corrected chi connectivity index (χ4v) is 2.53. The molecule has 0 bridgehead atoms. The maximum absolute atomic E-state index is 12.3. The van der Waals surface area contributed by atoms with Gasteiger partial charge in [-0.3, -0.25) is 4.79 Å². The van der Waals surface area contributed by atoms with Crippen molar-refractivity contribution in [2.45, 2.75) is 6.92 Å². The van der Waals surface area contributed by atoms with E-state index in [4.69, 9.17) is 9.47 Å². The lowest BCUT2D eigenvalue weighted by Gasteiger charge is -2.02. The topological polar surface area (TPSA) is 51.3 Å². The number of rotatable bonds is 6. The van der Waals surface area contributed by atoms with Gasteiger partial charge in [0.05, 0.1) is 13.7 Å². The van der Waals surface area contributed by atoms with E-state index in [0.29, 0.717) is 12.2 Å². The minimum atomic E-state index is -0.0460. The van der Waals surface area contributed by atoms with E-state index < -0.39 is 0 Å². The molecule has 0 amide bonds. The van der Waals surface area contributed by atoms with Crippen LogP contribution in [0.3, 0.4) is 0 Å². The zero-order valence-electron chi connectivity index (χ0n) is 13.7. The number of H-pyrrole nitrogens is 1. The number of benzene rings is 2. The number of carbonyl (C=O) groups is 1. The number of ether oxygens (including phenoxy) is 2. The van der Waals surface area contributed by atoms with Gasteiger partial charge in [-0.1, -0.05) is 0 Å². The lowest BCUT2D eigenvalue weighted by atomic mass is 10.1. The van der Waals surface area contributed by atoms with Gasteiger partial charge in [-0.05, 0) is 61.5 Å². The quantitative estimate of drug-likeness (QED) is 0.538. The maximum atomic E-state index is 12.3. The molecule has 0 radical (unpaired) electrons. The summed E-state index contributed by atoms with van der Waals surface area (Å²) in [5, 5.41) is 1.02. The number of aromatic nitrogens is 1. The first kappa shape index (κ1) is 15.9. The lowest BCUT2D eigenvalue weighted by molar-refractivity contribution is 0.104. The van der Waals surface area contributed by atoms with Gasteiger partial charge >= 0.3 is 0 Å². The average molecular weight is 321 g/mol. The fourth-order valence-electron chi connectivity index (χ4n) is 2.53. The first-order valence-electron chi connectivity index (χ1n) is 7.81. The normalized spacial score (nSPS) is 11.1. The SMILES string of the molecule is CCOc1ccc(C(=O)/C=C/c2c[nH]c3ccc(OC)cc23)cc1. The van der Waals surface area contributed by atoms with E-state index in [1.54, 1.807) is 37.5 Å². The smallest absolute Gasteiger partial charge is 0.185 e. The molecular formula is C20H19NO3. The van der Waals surface area contributed by atoms with E-state index in [-0.39, 0.29) is 5.78 Å². The van der Waals surface area contributed by atoms with Gasteiger partial charge in [0.25, 0.3) is 0 Å². The van der Waals surface area contributed by atoms with Crippen molar-refractivity contribution in [2.75, 3.05) is 13.7 Å². The lowest BCUT2D eigenvalue weighted by Crippen LogP contribution is -1.95. The van der Waals surface area contributed by atoms with Crippen LogP contribution in [0.25, 0.3) is 17.0 Å². The van der Waals surface area contributed by atoms with Gasteiger partial charge in [0.2, 0.25) is 0 Å². The van der Waals surface area contributed by atoms with E-state index >= 15 is 0 Å². The number of hydrogen-bond acceptors (Lipinski definition) is 3. The Labute approximate surface area is 140 Å². The second kappa shape index (κ2) is 7.04. The number of hydrogen-bond donors (Lipinski definition) is 1. The molecule has 4 nitrogen and oxygen atoms in total. The Morgan fingerprint density at radius 3 is 2.58 bits per heavy atom. The van der Waals surface area contributed by atoms with Crippen molar-refractivity contribution in [3.05, 3.63) is 65.9 Å². The van der Waals surface area contributed by atoms with Crippen LogP contribution in [-0.2, 0) is 0 Å². The molecule has 0 saturated heterocycles. The van der Waals surface area contributed by atoms with Crippen LogP contribution in [0.1, 0.15) is 22.8 Å². The van der Waals surface area contributed by atoms with Gasteiger partial charge in [0.15, 0.2) is 5.78 Å². The molecule has 122 valence electrons. The number of aromatic amines is 1. The molecule has 0 aliphatic carbocycles. The monoisotopic (exact) mass is 321 g/mol. The summed E-state index contributed by atoms with van der Waals surface area (Å²) in [5.41, 5.74) is 2.58. The molecule has 4 heteroatoms. The molecule has 0 spiro atoms. The van der Waals surface area contributed by atoms with Crippen LogP contribution in [0, 0.1) is 0 Å². The first-order chi connectivity index (χ1) is 11.7. The molecule has 0 atom stereocenters. The van der Waals surface area contributed by atoms with E-state index in [1.165, 1.54) is 0 Å². The standard InChI is InChI=1S/C20H19NO3/c1-3-24-16-7-4-14(5-8-16)20(22)11-6-15-13-21-19-10-9-17(23-2)12-18(15)19/h4-13,21H,3H2,1-2H3/b11-6+. The van der Waals surface area contributed by atoms with Crippen LogP contribution in [0.5, 0.6) is 11.5 Å². The van der Waals surface area contributed by atoms with Crippen LogP contribution in [-0.4, -0.2) is 24.5 Å². The third kappa shape index (κ3) is 3.33. The summed E-state index contributed by atoms with van der Waals surface area (Å²) < 4.78 is 10.6. The third-order valence-corrected chi connectivity index (χ3v) is 3.79. The Morgan fingerprint density at radius 1 is 1.12 bits per heavy atom. The maximum Gasteiger partial charge on any atom is 0.185 e. The summed E-state index contributed by atoms with van der Waals surface area (Å²) in [4.78, 5) is 15.5.